The van der Waals surface area contributed by atoms with Gasteiger partial charge in [-0.3, -0.25) is 9.71 Å². The molecule has 0 atom stereocenters. The van der Waals surface area contributed by atoms with Crippen LogP contribution in [-0.4, -0.2) is 29.4 Å². The topological polar surface area (TPSA) is 118 Å². The van der Waals surface area contributed by atoms with Gasteiger partial charge in [-0.1, -0.05) is 17.7 Å². The summed E-state index contributed by atoms with van der Waals surface area (Å²) in [4.78, 5) is 8.37. The van der Waals surface area contributed by atoms with E-state index >= 15 is 0 Å². The van der Waals surface area contributed by atoms with Crippen molar-refractivity contribution < 1.29 is 13.2 Å². The predicted octanol–water partition coefficient (Wildman–Crippen LogP) is 4.11. The lowest BCUT2D eigenvalue weighted by molar-refractivity contribution is 0.369. The third kappa shape index (κ3) is 4.04. The number of halogens is 1. The summed E-state index contributed by atoms with van der Waals surface area (Å²) in [5, 5.41) is 10.9. The molecule has 0 saturated carbocycles. The smallest absolute Gasteiger partial charge is 0.263 e. The predicted molar refractivity (Wildman–Crippen MR) is 114 cm³/mol. The molecular weight excluding hydrogens is 446 g/mol. The number of benzene rings is 2. The van der Waals surface area contributed by atoms with Crippen molar-refractivity contribution in [2.24, 2.45) is 0 Å². The van der Waals surface area contributed by atoms with Crippen LogP contribution in [0.3, 0.4) is 0 Å². The molecule has 0 aliphatic carbocycles. The third-order valence-electron chi connectivity index (χ3n) is 4.12. The van der Waals surface area contributed by atoms with Gasteiger partial charge in [-0.2, -0.15) is 9.64 Å². The summed E-state index contributed by atoms with van der Waals surface area (Å²) < 4.78 is 37.0. The summed E-state index contributed by atoms with van der Waals surface area (Å²) in [6.45, 7) is -0.141. The maximum Gasteiger partial charge on any atom is 0.263 e. The summed E-state index contributed by atoms with van der Waals surface area (Å²) in [5.74, 6) is 0.415. The highest BCUT2D eigenvalue weighted by atomic mass is 35.5. The minimum absolute atomic E-state index is 0.0828. The van der Waals surface area contributed by atoms with Crippen LogP contribution in [0.2, 0.25) is 5.02 Å². The summed E-state index contributed by atoms with van der Waals surface area (Å²) in [5.41, 5.74) is 1.22. The maximum absolute atomic E-state index is 12.7. The van der Waals surface area contributed by atoms with Crippen molar-refractivity contribution in [2.45, 2.75) is 4.90 Å². The van der Waals surface area contributed by atoms with E-state index in [0.29, 0.717) is 27.4 Å². The number of nitriles is 1. The maximum atomic E-state index is 12.7. The zero-order valence-corrected chi connectivity index (χ0v) is 17.5. The zero-order chi connectivity index (χ0) is 21.1. The van der Waals surface area contributed by atoms with Crippen molar-refractivity contribution in [3.8, 4) is 23.1 Å². The second-order valence-corrected chi connectivity index (χ2v) is 8.88. The molecule has 2 aromatic carbocycles. The number of ether oxygens (including phenoxy) is 1. The lowest BCUT2D eigenvalue weighted by Crippen LogP contribution is -2.12. The van der Waals surface area contributed by atoms with E-state index in [2.05, 4.69) is 19.1 Å². The highest BCUT2D eigenvalue weighted by Gasteiger charge is 2.18. The van der Waals surface area contributed by atoms with Gasteiger partial charge >= 0.3 is 0 Å². The Labute approximate surface area is 181 Å². The van der Waals surface area contributed by atoms with E-state index in [1.165, 1.54) is 12.4 Å². The van der Waals surface area contributed by atoms with E-state index in [1.54, 1.807) is 42.6 Å². The number of anilines is 1. The molecule has 0 aliphatic rings. The van der Waals surface area contributed by atoms with E-state index in [4.69, 9.17) is 21.6 Å². The highest BCUT2D eigenvalue weighted by Crippen LogP contribution is 2.36. The molecule has 11 heteroatoms. The number of nitrogens with one attached hydrogen (secondary N) is 1. The summed E-state index contributed by atoms with van der Waals surface area (Å²) in [6.07, 6.45) is 2.86. The molecule has 2 heterocycles. The number of pyridine rings is 1. The Bertz CT molecular complexity index is 1370. The molecule has 1 N–H and O–H groups in total. The molecule has 0 saturated heterocycles. The number of hydrogen-bond acceptors (Lipinski definition) is 8. The summed E-state index contributed by atoms with van der Waals surface area (Å²) in [7, 11) is -3.82. The van der Waals surface area contributed by atoms with Gasteiger partial charge < -0.3 is 4.74 Å². The monoisotopic (exact) mass is 457 g/mol. The number of hydrogen-bond donors (Lipinski definition) is 1. The van der Waals surface area contributed by atoms with Gasteiger partial charge in [0.1, 0.15) is 18.1 Å². The molecule has 2 aromatic heterocycles. The molecule has 0 bridgehead atoms. The molecule has 0 radical (unpaired) electrons. The van der Waals surface area contributed by atoms with Gasteiger partial charge in [0.25, 0.3) is 10.0 Å². The van der Waals surface area contributed by atoms with Crippen LogP contribution in [-0.2, 0) is 10.0 Å². The van der Waals surface area contributed by atoms with Crippen molar-refractivity contribution in [3.05, 3.63) is 60.0 Å². The number of rotatable bonds is 6. The van der Waals surface area contributed by atoms with Crippen LogP contribution >= 0.6 is 23.1 Å². The van der Waals surface area contributed by atoms with Gasteiger partial charge in [0.05, 0.1) is 10.6 Å². The zero-order valence-electron chi connectivity index (χ0n) is 15.1. The average Bonchev–Trinajstić information content (AvgIpc) is 3.24. The fourth-order valence-corrected chi connectivity index (χ4v) is 4.71. The quantitative estimate of drug-likeness (QED) is 0.462. The molecule has 8 nitrogen and oxygen atoms in total. The molecule has 0 amide bonds. The number of aromatic nitrogens is 3. The minimum Gasteiger partial charge on any atom is -0.478 e. The van der Waals surface area contributed by atoms with Gasteiger partial charge in [-0.15, -0.1) is 0 Å². The number of fused-ring (bicyclic) bond motifs is 1. The molecule has 0 unspecified atom stereocenters. The average molecular weight is 458 g/mol. The van der Waals surface area contributed by atoms with E-state index in [0.717, 1.165) is 16.9 Å². The van der Waals surface area contributed by atoms with Crippen LogP contribution in [0, 0.1) is 11.3 Å². The van der Waals surface area contributed by atoms with Crippen molar-refractivity contribution in [3.63, 3.8) is 0 Å². The van der Waals surface area contributed by atoms with Gasteiger partial charge in [-0.25, -0.2) is 13.4 Å². The van der Waals surface area contributed by atoms with Crippen LogP contribution < -0.4 is 9.46 Å². The fourth-order valence-electron chi connectivity index (χ4n) is 2.85. The summed E-state index contributed by atoms with van der Waals surface area (Å²) >= 11 is 7.01. The van der Waals surface area contributed by atoms with Crippen LogP contribution in [0.1, 0.15) is 0 Å². The SMILES string of the molecule is N#CCOc1cc(Cl)ccc1-c1nccc2cc(S(=O)(=O)Nc3ncns3)ccc12. The molecule has 0 aliphatic heterocycles. The van der Waals surface area contributed by atoms with Crippen LogP contribution in [0.25, 0.3) is 22.0 Å². The first-order chi connectivity index (χ1) is 14.5. The van der Waals surface area contributed by atoms with Crippen molar-refractivity contribution >= 4 is 49.1 Å². The van der Waals surface area contributed by atoms with E-state index in [-0.39, 0.29) is 16.6 Å². The Morgan fingerprint density at radius 3 is 2.80 bits per heavy atom. The molecule has 4 aromatic rings. The molecule has 150 valence electrons. The normalized spacial score (nSPS) is 11.2. The lowest BCUT2D eigenvalue weighted by Gasteiger charge is -2.12. The lowest BCUT2D eigenvalue weighted by atomic mass is 10.0. The number of nitrogens with zero attached hydrogens (tertiary/aromatic N) is 4. The van der Waals surface area contributed by atoms with Gasteiger partial charge in [0.15, 0.2) is 6.61 Å². The molecule has 30 heavy (non-hydrogen) atoms. The fraction of sp³-hybridized carbons (Fsp3) is 0.0526. The van der Waals surface area contributed by atoms with Gasteiger partial charge in [0, 0.05) is 33.7 Å². The Morgan fingerprint density at radius 1 is 1.17 bits per heavy atom. The molecule has 0 fully saturated rings. The summed E-state index contributed by atoms with van der Waals surface area (Å²) in [6, 6.07) is 13.4. The molecule has 4 rings (SSSR count). The third-order valence-corrected chi connectivity index (χ3v) is 6.40. The van der Waals surface area contributed by atoms with Crippen molar-refractivity contribution in [2.75, 3.05) is 11.3 Å². The second-order valence-electron chi connectivity index (χ2n) is 5.98. The Balaban J connectivity index is 1.79. The largest absolute Gasteiger partial charge is 0.478 e. The van der Waals surface area contributed by atoms with Crippen LogP contribution in [0.15, 0.2) is 59.9 Å². The minimum atomic E-state index is -3.82. The van der Waals surface area contributed by atoms with Gasteiger partial charge in [-0.05, 0) is 41.8 Å². The van der Waals surface area contributed by atoms with Crippen LogP contribution in [0.4, 0.5) is 5.13 Å². The van der Waals surface area contributed by atoms with Gasteiger partial charge in [0.2, 0.25) is 5.13 Å². The first kappa shape index (κ1) is 20.0. The van der Waals surface area contributed by atoms with E-state index in [9.17, 15) is 8.42 Å². The van der Waals surface area contributed by atoms with Crippen molar-refractivity contribution in [1.82, 2.24) is 14.3 Å². The molecule has 0 spiro atoms. The second kappa shape index (κ2) is 8.23. The Morgan fingerprint density at radius 2 is 2.03 bits per heavy atom. The van der Waals surface area contributed by atoms with E-state index < -0.39 is 10.0 Å². The van der Waals surface area contributed by atoms with Crippen molar-refractivity contribution in [1.29, 1.82) is 5.26 Å². The first-order valence-electron chi connectivity index (χ1n) is 8.46. The first-order valence-corrected chi connectivity index (χ1v) is 11.1. The van der Waals surface area contributed by atoms with Crippen LogP contribution in [0.5, 0.6) is 5.75 Å². The molecular formula is C19H12ClN5O3S2. The Kier molecular flexibility index (Phi) is 5.50. The standard InChI is InChI=1S/C19H12ClN5O3S2/c20-13-1-3-16(17(10-13)28-8-6-21)18-15-4-2-14(9-12(15)5-7-22-18)30(26,27)25-19-23-11-24-29-19/h1-5,7,9-11H,8H2,(H,23,24,25). The number of sulfonamides is 1. The van der Waals surface area contributed by atoms with E-state index in [1.807, 2.05) is 6.07 Å². The highest BCUT2D eigenvalue weighted by molar-refractivity contribution is 7.93. The Hall–Kier alpha value is -3.26.